The number of carbonyl (C=O) groups is 1. The average molecular weight is 273 g/mol. The summed E-state index contributed by atoms with van der Waals surface area (Å²) in [6.45, 7) is 2.58. The number of rotatable bonds is 2. The maximum absolute atomic E-state index is 13.7. The second kappa shape index (κ2) is 4.56. The summed E-state index contributed by atoms with van der Waals surface area (Å²) in [6.07, 6.45) is 0.626. The number of halogens is 1. The molecule has 0 spiro atoms. The summed E-state index contributed by atoms with van der Waals surface area (Å²) in [5.41, 5.74) is -0.272. The lowest BCUT2D eigenvalue weighted by Gasteiger charge is -2.46. The zero-order valence-electron chi connectivity index (χ0n) is 11.3. The first kappa shape index (κ1) is 13.1. The molecule has 1 aliphatic rings. The summed E-state index contributed by atoms with van der Waals surface area (Å²) in [5.74, 6) is -0.481. The monoisotopic (exact) mass is 273 g/mol. The molecule has 0 aromatic heterocycles. The quantitative estimate of drug-likeness (QED) is 0.913. The van der Waals surface area contributed by atoms with Gasteiger partial charge in [-0.1, -0.05) is 31.2 Å². The number of carbonyl (C=O) groups excluding carboxylic acids is 1. The van der Waals surface area contributed by atoms with Crippen LogP contribution >= 0.6 is 0 Å². The Morgan fingerprint density at radius 1 is 1.25 bits per heavy atom. The fraction of sp³-hybridized carbons (Fsp3) is 0.312. The van der Waals surface area contributed by atoms with E-state index in [1.807, 2.05) is 6.92 Å². The molecule has 104 valence electrons. The molecule has 0 unspecified atom stereocenters. The van der Waals surface area contributed by atoms with Crippen molar-refractivity contribution in [2.45, 2.75) is 18.9 Å². The maximum Gasteiger partial charge on any atom is 0.254 e. The standard InChI is InChI=1S/C16H16FNO2/c1-2-16(20)9-18(10-16)15(19)13-7-8-14(17)12-6-4-3-5-11(12)13/h3-8,20H,2,9-10H2,1H3. The zero-order valence-corrected chi connectivity index (χ0v) is 11.3. The molecule has 2 aromatic carbocycles. The van der Waals surface area contributed by atoms with Crippen LogP contribution in [0.5, 0.6) is 0 Å². The molecule has 2 aromatic rings. The number of β-amino-alcohol motifs (C(OH)–C–C–N with tert-alkyl or cyclic N) is 1. The SMILES string of the molecule is CCC1(O)CN(C(=O)c2ccc(F)c3ccccc23)C1. The lowest BCUT2D eigenvalue weighted by molar-refractivity contribution is -0.0825. The Hall–Kier alpha value is -1.94. The molecule has 0 radical (unpaired) electrons. The van der Waals surface area contributed by atoms with E-state index in [-0.39, 0.29) is 11.7 Å². The molecular weight excluding hydrogens is 257 g/mol. The van der Waals surface area contributed by atoms with Crippen molar-refractivity contribution in [3.8, 4) is 0 Å². The molecule has 1 N–H and O–H groups in total. The third-order valence-electron chi connectivity index (χ3n) is 4.02. The highest BCUT2D eigenvalue weighted by Crippen LogP contribution is 2.29. The van der Waals surface area contributed by atoms with Gasteiger partial charge in [-0.05, 0) is 23.9 Å². The van der Waals surface area contributed by atoms with Crippen LogP contribution in [0.25, 0.3) is 10.8 Å². The van der Waals surface area contributed by atoms with Crippen LogP contribution in [-0.2, 0) is 0 Å². The summed E-state index contributed by atoms with van der Waals surface area (Å²) >= 11 is 0. The Morgan fingerprint density at radius 3 is 2.55 bits per heavy atom. The van der Waals surface area contributed by atoms with Gasteiger partial charge in [0.05, 0.1) is 18.7 Å². The summed E-state index contributed by atoms with van der Waals surface area (Å²) in [4.78, 5) is 14.0. The summed E-state index contributed by atoms with van der Waals surface area (Å²) in [5, 5.41) is 11.1. The number of nitrogens with zero attached hydrogens (tertiary/aromatic N) is 1. The molecule has 3 rings (SSSR count). The number of benzene rings is 2. The van der Waals surface area contributed by atoms with Crippen molar-refractivity contribution in [1.82, 2.24) is 4.90 Å². The first-order valence-electron chi connectivity index (χ1n) is 6.73. The molecule has 1 heterocycles. The zero-order chi connectivity index (χ0) is 14.3. The molecule has 1 aliphatic heterocycles. The van der Waals surface area contributed by atoms with Gasteiger partial charge in [0.15, 0.2) is 0 Å². The average Bonchev–Trinajstić information content (AvgIpc) is 2.44. The number of aliphatic hydroxyl groups is 1. The molecule has 3 nitrogen and oxygen atoms in total. The minimum Gasteiger partial charge on any atom is -0.386 e. The summed E-state index contributed by atoms with van der Waals surface area (Å²) in [6, 6.07) is 9.79. The molecule has 1 saturated heterocycles. The van der Waals surface area contributed by atoms with Crippen LogP contribution in [0.15, 0.2) is 36.4 Å². The van der Waals surface area contributed by atoms with E-state index in [9.17, 15) is 14.3 Å². The first-order chi connectivity index (χ1) is 9.54. The Kier molecular flexibility index (Phi) is 2.98. The molecular formula is C16H16FNO2. The predicted molar refractivity (Wildman–Crippen MR) is 75.1 cm³/mol. The number of hydrogen-bond acceptors (Lipinski definition) is 2. The highest BCUT2D eigenvalue weighted by molar-refractivity contribution is 6.07. The highest BCUT2D eigenvalue weighted by atomic mass is 19.1. The minimum absolute atomic E-state index is 0.153. The van der Waals surface area contributed by atoms with Crippen LogP contribution in [0.3, 0.4) is 0 Å². The van der Waals surface area contributed by atoms with Gasteiger partial charge in [0.1, 0.15) is 5.82 Å². The van der Waals surface area contributed by atoms with Gasteiger partial charge < -0.3 is 10.0 Å². The van der Waals surface area contributed by atoms with Crippen LogP contribution in [0.1, 0.15) is 23.7 Å². The van der Waals surface area contributed by atoms with Crippen LogP contribution in [0.2, 0.25) is 0 Å². The van der Waals surface area contributed by atoms with Crippen molar-refractivity contribution < 1.29 is 14.3 Å². The van der Waals surface area contributed by atoms with Gasteiger partial charge in [0.25, 0.3) is 5.91 Å². The second-order valence-corrected chi connectivity index (χ2v) is 5.38. The van der Waals surface area contributed by atoms with Crippen molar-refractivity contribution in [2.75, 3.05) is 13.1 Å². The fourth-order valence-corrected chi connectivity index (χ4v) is 2.65. The molecule has 4 heteroatoms. The van der Waals surface area contributed by atoms with Gasteiger partial charge in [-0.15, -0.1) is 0 Å². The van der Waals surface area contributed by atoms with E-state index in [1.54, 1.807) is 29.2 Å². The second-order valence-electron chi connectivity index (χ2n) is 5.38. The van der Waals surface area contributed by atoms with Crippen molar-refractivity contribution in [1.29, 1.82) is 0 Å². The normalized spacial score (nSPS) is 17.1. The van der Waals surface area contributed by atoms with Gasteiger partial charge in [-0.3, -0.25) is 4.79 Å². The molecule has 0 aliphatic carbocycles. The minimum atomic E-state index is -0.758. The van der Waals surface area contributed by atoms with E-state index in [0.717, 1.165) is 0 Å². The van der Waals surface area contributed by atoms with Gasteiger partial charge in [0.2, 0.25) is 0 Å². The number of fused-ring (bicyclic) bond motifs is 1. The third-order valence-corrected chi connectivity index (χ3v) is 4.02. The van der Waals surface area contributed by atoms with E-state index in [1.165, 1.54) is 12.1 Å². The van der Waals surface area contributed by atoms with Crippen molar-refractivity contribution >= 4 is 16.7 Å². The van der Waals surface area contributed by atoms with Crippen LogP contribution in [-0.4, -0.2) is 34.6 Å². The van der Waals surface area contributed by atoms with Crippen LogP contribution in [0.4, 0.5) is 4.39 Å². The van der Waals surface area contributed by atoms with Gasteiger partial charge >= 0.3 is 0 Å². The molecule has 20 heavy (non-hydrogen) atoms. The lowest BCUT2D eigenvalue weighted by Crippen LogP contribution is -2.63. The Balaban J connectivity index is 1.96. The largest absolute Gasteiger partial charge is 0.386 e. The predicted octanol–water partition coefficient (Wildman–Crippen LogP) is 2.58. The smallest absolute Gasteiger partial charge is 0.254 e. The van der Waals surface area contributed by atoms with E-state index >= 15 is 0 Å². The number of likely N-dealkylation sites (tertiary alicyclic amines) is 1. The molecule has 0 atom stereocenters. The van der Waals surface area contributed by atoms with Gasteiger partial charge in [-0.25, -0.2) is 4.39 Å². The Labute approximate surface area is 116 Å². The molecule has 0 bridgehead atoms. The van der Waals surface area contributed by atoms with E-state index < -0.39 is 5.60 Å². The van der Waals surface area contributed by atoms with Crippen molar-refractivity contribution in [3.63, 3.8) is 0 Å². The van der Waals surface area contributed by atoms with Crippen LogP contribution < -0.4 is 0 Å². The van der Waals surface area contributed by atoms with Gasteiger partial charge in [0, 0.05) is 10.9 Å². The van der Waals surface area contributed by atoms with E-state index in [2.05, 4.69) is 0 Å². The highest BCUT2D eigenvalue weighted by Gasteiger charge is 2.42. The number of amides is 1. The molecule has 1 fully saturated rings. The summed E-state index contributed by atoms with van der Waals surface area (Å²) < 4.78 is 13.7. The van der Waals surface area contributed by atoms with E-state index in [4.69, 9.17) is 0 Å². The van der Waals surface area contributed by atoms with Crippen molar-refractivity contribution in [2.24, 2.45) is 0 Å². The van der Waals surface area contributed by atoms with Gasteiger partial charge in [-0.2, -0.15) is 0 Å². The molecule has 1 amide bonds. The number of hydrogen-bond donors (Lipinski definition) is 1. The third kappa shape index (κ3) is 1.96. The fourth-order valence-electron chi connectivity index (χ4n) is 2.65. The Bertz CT molecular complexity index is 677. The van der Waals surface area contributed by atoms with Crippen molar-refractivity contribution in [3.05, 3.63) is 47.8 Å². The van der Waals surface area contributed by atoms with Crippen LogP contribution in [0, 0.1) is 5.82 Å². The molecule has 0 saturated carbocycles. The van der Waals surface area contributed by atoms with E-state index in [0.29, 0.717) is 35.8 Å². The topological polar surface area (TPSA) is 40.5 Å². The first-order valence-corrected chi connectivity index (χ1v) is 6.73. The Morgan fingerprint density at radius 2 is 1.90 bits per heavy atom. The summed E-state index contributed by atoms with van der Waals surface area (Å²) in [7, 11) is 0. The maximum atomic E-state index is 13.7. The lowest BCUT2D eigenvalue weighted by atomic mass is 9.90.